The Balaban J connectivity index is 1.57. The summed E-state index contributed by atoms with van der Waals surface area (Å²) in [5.41, 5.74) is 1.36. The quantitative estimate of drug-likeness (QED) is 0.567. The van der Waals surface area contributed by atoms with Crippen LogP contribution in [0, 0.1) is 6.92 Å². The van der Waals surface area contributed by atoms with Crippen LogP contribution in [0.15, 0.2) is 35.1 Å². The normalized spacial score (nSPS) is 10.8. The van der Waals surface area contributed by atoms with Crippen molar-refractivity contribution in [2.24, 2.45) is 0 Å². The van der Waals surface area contributed by atoms with Crippen molar-refractivity contribution in [1.82, 2.24) is 19.9 Å². The molecule has 9 heteroatoms. The van der Waals surface area contributed by atoms with Crippen LogP contribution < -0.4 is 10.9 Å². The van der Waals surface area contributed by atoms with Gasteiger partial charge in [-0.3, -0.25) is 14.4 Å². The van der Waals surface area contributed by atoms with Crippen molar-refractivity contribution in [1.29, 1.82) is 0 Å². The molecule has 0 bridgehead atoms. The van der Waals surface area contributed by atoms with Crippen LogP contribution in [0.3, 0.4) is 0 Å². The molecule has 152 valence electrons. The summed E-state index contributed by atoms with van der Waals surface area (Å²) in [6, 6.07) is 8.40. The molecule has 0 aliphatic carbocycles. The van der Waals surface area contributed by atoms with E-state index in [0.29, 0.717) is 16.2 Å². The lowest BCUT2D eigenvalue weighted by molar-refractivity contribution is -0.143. The molecule has 0 unspecified atom stereocenters. The summed E-state index contributed by atoms with van der Waals surface area (Å²) in [4.78, 5) is 41.1. The van der Waals surface area contributed by atoms with E-state index in [0.717, 1.165) is 29.8 Å². The largest absolute Gasteiger partial charge is 0.458 e. The summed E-state index contributed by atoms with van der Waals surface area (Å²) in [5, 5.41) is 7.66. The highest BCUT2D eigenvalue weighted by atomic mass is 32.1. The lowest BCUT2D eigenvalue weighted by Gasteiger charge is -2.08. The van der Waals surface area contributed by atoms with Gasteiger partial charge in [-0.2, -0.15) is 9.61 Å². The van der Waals surface area contributed by atoms with Crippen LogP contribution in [-0.4, -0.2) is 33.0 Å². The molecule has 0 saturated heterocycles. The summed E-state index contributed by atoms with van der Waals surface area (Å²) in [7, 11) is 0. The fraction of sp³-hybridized carbons (Fsp3) is 0.350. The number of carbonyl (C=O) groups excluding carboxylic acids is 2. The molecule has 0 aliphatic rings. The summed E-state index contributed by atoms with van der Waals surface area (Å²) in [6.07, 6.45) is 2.84. The first-order valence-electron chi connectivity index (χ1n) is 9.36. The first-order chi connectivity index (χ1) is 14.0. The molecule has 29 heavy (non-hydrogen) atoms. The molecule has 3 rings (SSSR count). The van der Waals surface area contributed by atoms with Gasteiger partial charge in [0.1, 0.15) is 18.2 Å². The average Bonchev–Trinajstić information content (AvgIpc) is 3.13. The van der Waals surface area contributed by atoms with Gasteiger partial charge in [-0.15, -0.1) is 0 Å². The number of aryl methyl sites for hydroxylation is 2. The molecular weight excluding hydrogens is 392 g/mol. The number of nitrogens with zero attached hydrogens (tertiary/aromatic N) is 3. The number of amides is 1. The van der Waals surface area contributed by atoms with E-state index in [4.69, 9.17) is 4.74 Å². The Hall–Kier alpha value is -3.07. The number of hydrogen-bond acceptors (Lipinski definition) is 7. The Labute approximate surface area is 171 Å². The molecule has 0 fully saturated rings. The van der Waals surface area contributed by atoms with Crippen molar-refractivity contribution in [3.63, 3.8) is 0 Å². The topological polar surface area (TPSA) is 103 Å². The fourth-order valence-electron chi connectivity index (χ4n) is 2.68. The second kappa shape index (κ2) is 9.42. The predicted molar refractivity (Wildman–Crippen MR) is 109 cm³/mol. The van der Waals surface area contributed by atoms with Crippen LogP contribution in [0.2, 0.25) is 0 Å². The Morgan fingerprint density at radius 3 is 2.83 bits per heavy atom. The maximum atomic E-state index is 12.2. The van der Waals surface area contributed by atoms with E-state index >= 15 is 0 Å². The van der Waals surface area contributed by atoms with Gasteiger partial charge in [0.15, 0.2) is 0 Å². The molecule has 1 aromatic carbocycles. The Morgan fingerprint density at radius 1 is 1.28 bits per heavy atom. The number of esters is 1. The minimum atomic E-state index is -0.609. The number of aromatic nitrogens is 3. The molecule has 0 saturated carbocycles. The van der Waals surface area contributed by atoms with E-state index in [1.54, 1.807) is 12.1 Å². The monoisotopic (exact) mass is 414 g/mol. The second-order valence-corrected chi connectivity index (χ2v) is 7.58. The van der Waals surface area contributed by atoms with Crippen molar-refractivity contribution in [3.05, 3.63) is 62.5 Å². The minimum Gasteiger partial charge on any atom is -0.458 e. The van der Waals surface area contributed by atoms with E-state index < -0.39 is 5.97 Å². The van der Waals surface area contributed by atoms with Crippen LogP contribution in [-0.2, 0) is 22.6 Å². The number of carbonyl (C=O) groups is 2. The third-order valence-electron chi connectivity index (χ3n) is 4.25. The Morgan fingerprint density at radius 2 is 2.07 bits per heavy atom. The number of hydrogen-bond donors (Lipinski definition) is 1. The van der Waals surface area contributed by atoms with Crippen LogP contribution in [0.1, 0.15) is 46.4 Å². The average molecular weight is 414 g/mol. The van der Waals surface area contributed by atoms with Gasteiger partial charge >= 0.3 is 5.97 Å². The highest BCUT2D eigenvalue weighted by Gasteiger charge is 2.13. The summed E-state index contributed by atoms with van der Waals surface area (Å²) in [5.74, 6) is -0.955. The standard InChI is InChI=1S/C20H22N4O4S/c1-3-4-9-16-23-24-17(25)10-14(22-20(24)29-16)12-28-18(26)11-21-19(27)15-8-6-5-7-13(15)2/h5-8,10H,3-4,9,11-12H2,1-2H3,(H,21,27). The molecule has 1 N–H and O–H groups in total. The zero-order chi connectivity index (χ0) is 20.8. The number of fused-ring (bicyclic) bond motifs is 1. The summed E-state index contributed by atoms with van der Waals surface area (Å²) in [6.45, 7) is 3.50. The van der Waals surface area contributed by atoms with Gasteiger partial charge in [-0.25, -0.2) is 4.98 Å². The van der Waals surface area contributed by atoms with Crippen LogP contribution in [0.5, 0.6) is 0 Å². The highest BCUT2D eigenvalue weighted by molar-refractivity contribution is 7.16. The number of rotatable bonds is 8. The number of benzene rings is 1. The zero-order valence-corrected chi connectivity index (χ0v) is 17.1. The van der Waals surface area contributed by atoms with Crippen molar-refractivity contribution >= 4 is 28.2 Å². The number of nitrogens with one attached hydrogen (secondary N) is 1. The van der Waals surface area contributed by atoms with Gasteiger partial charge in [-0.1, -0.05) is 42.9 Å². The molecule has 0 aliphatic heterocycles. The SMILES string of the molecule is CCCCc1nn2c(=O)cc(COC(=O)CNC(=O)c3ccccc3C)nc2s1. The van der Waals surface area contributed by atoms with Gasteiger partial charge in [0.25, 0.3) is 11.5 Å². The van der Waals surface area contributed by atoms with E-state index in [1.165, 1.54) is 21.9 Å². The molecule has 2 aromatic heterocycles. The maximum absolute atomic E-state index is 12.2. The lowest BCUT2D eigenvalue weighted by atomic mass is 10.1. The first-order valence-corrected chi connectivity index (χ1v) is 10.2. The Bertz CT molecular complexity index is 1090. The molecule has 8 nitrogen and oxygen atoms in total. The van der Waals surface area contributed by atoms with Gasteiger partial charge in [0.05, 0.1) is 5.69 Å². The van der Waals surface area contributed by atoms with Gasteiger partial charge in [-0.05, 0) is 25.0 Å². The first kappa shape index (κ1) is 20.7. The van der Waals surface area contributed by atoms with Gasteiger partial charge in [0.2, 0.25) is 4.96 Å². The lowest BCUT2D eigenvalue weighted by Crippen LogP contribution is -2.31. The van der Waals surface area contributed by atoms with Crippen LogP contribution in [0.4, 0.5) is 0 Å². The fourth-order valence-corrected chi connectivity index (χ4v) is 3.64. The van der Waals surface area contributed by atoms with Crippen molar-refractivity contribution in [3.8, 4) is 0 Å². The van der Waals surface area contributed by atoms with E-state index in [1.807, 2.05) is 19.1 Å². The second-order valence-electron chi connectivity index (χ2n) is 6.54. The van der Waals surface area contributed by atoms with Crippen molar-refractivity contribution in [2.45, 2.75) is 39.7 Å². The van der Waals surface area contributed by atoms with Crippen LogP contribution >= 0.6 is 11.3 Å². The van der Waals surface area contributed by atoms with Crippen LogP contribution in [0.25, 0.3) is 4.96 Å². The molecule has 3 aromatic rings. The minimum absolute atomic E-state index is 0.146. The van der Waals surface area contributed by atoms with Crippen molar-refractivity contribution in [2.75, 3.05) is 6.54 Å². The summed E-state index contributed by atoms with van der Waals surface area (Å²) < 4.78 is 6.41. The van der Waals surface area contributed by atoms with E-state index in [2.05, 4.69) is 22.3 Å². The molecular formula is C20H22N4O4S. The zero-order valence-electron chi connectivity index (χ0n) is 16.3. The number of ether oxygens (including phenoxy) is 1. The van der Waals surface area contributed by atoms with Crippen molar-refractivity contribution < 1.29 is 14.3 Å². The molecule has 2 heterocycles. The third kappa shape index (κ3) is 5.26. The molecule has 0 radical (unpaired) electrons. The van der Waals surface area contributed by atoms with Gasteiger partial charge < -0.3 is 10.1 Å². The number of unbranched alkanes of at least 4 members (excludes halogenated alkanes) is 1. The summed E-state index contributed by atoms with van der Waals surface area (Å²) >= 11 is 1.36. The third-order valence-corrected chi connectivity index (χ3v) is 5.22. The predicted octanol–water partition coefficient (Wildman–Crippen LogP) is 2.28. The van der Waals surface area contributed by atoms with E-state index in [-0.39, 0.29) is 24.6 Å². The Kier molecular flexibility index (Phi) is 6.71. The molecule has 0 atom stereocenters. The van der Waals surface area contributed by atoms with E-state index in [9.17, 15) is 14.4 Å². The van der Waals surface area contributed by atoms with Gasteiger partial charge in [0, 0.05) is 18.1 Å². The molecule has 0 spiro atoms. The maximum Gasteiger partial charge on any atom is 0.325 e. The highest BCUT2D eigenvalue weighted by Crippen LogP contribution is 2.14. The molecule has 1 amide bonds. The smallest absolute Gasteiger partial charge is 0.325 e.